The summed E-state index contributed by atoms with van der Waals surface area (Å²) < 4.78 is 0. The number of nitrogen functional groups attached to an aromatic ring is 1. The maximum Gasteiger partial charge on any atom is 0.244 e. The first-order chi connectivity index (χ1) is 10.0. The largest absolute Gasteiger partial charge is 0.399 e. The van der Waals surface area contributed by atoms with Crippen LogP contribution in [0.5, 0.6) is 0 Å². The van der Waals surface area contributed by atoms with E-state index in [1.54, 1.807) is 0 Å². The molecule has 2 fully saturated rings. The summed E-state index contributed by atoms with van der Waals surface area (Å²) in [5.41, 5.74) is 10.4. The third kappa shape index (κ3) is 2.64. The second kappa shape index (κ2) is 5.34. The van der Waals surface area contributed by atoms with E-state index in [4.69, 9.17) is 5.73 Å². The number of anilines is 1. The molecule has 1 saturated heterocycles. The average molecular weight is 287 g/mol. The van der Waals surface area contributed by atoms with Gasteiger partial charge in [-0.1, -0.05) is 18.6 Å². The van der Waals surface area contributed by atoms with Crippen LogP contribution in [0.4, 0.5) is 5.69 Å². The van der Waals surface area contributed by atoms with E-state index in [-0.39, 0.29) is 11.3 Å². The minimum atomic E-state index is -0.329. The Morgan fingerprint density at radius 2 is 1.76 bits per heavy atom. The molecule has 0 spiro atoms. The van der Waals surface area contributed by atoms with Crippen LogP contribution in [0.25, 0.3) is 0 Å². The van der Waals surface area contributed by atoms with E-state index in [0.29, 0.717) is 12.1 Å². The summed E-state index contributed by atoms with van der Waals surface area (Å²) in [7, 11) is 0. The summed E-state index contributed by atoms with van der Waals surface area (Å²) in [6, 6.07) is 8.58. The van der Waals surface area contributed by atoms with Crippen LogP contribution in [0, 0.1) is 0 Å². The summed E-state index contributed by atoms with van der Waals surface area (Å²) in [6.07, 6.45) is 5.41. The number of nitrogens with two attached hydrogens (primary N) is 1. The molecule has 3 N–H and O–H groups in total. The molecule has 114 valence electrons. The van der Waals surface area contributed by atoms with Crippen molar-refractivity contribution in [3.05, 3.63) is 29.8 Å². The third-order valence-corrected chi connectivity index (χ3v) is 5.07. The number of rotatable bonds is 3. The number of hydrogen-bond donors (Lipinski definition) is 2. The molecule has 4 heteroatoms. The predicted octanol–water partition coefficient (Wildman–Crippen LogP) is 2.59. The fourth-order valence-electron chi connectivity index (χ4n) is 3.44. The van der Waals surface area contributed by atoms with Gasteiger partial charge in [0, 0.05) is 17.8 Å². The molecule has 1 aliphatic carbocycles. The molecule has 21 heavy (non-hydrogen) atoms. The van der Waals surface area contributed by atoms with Crippen LogP contribution in [0.15, 0.2) is 24.3 Å². The summed E-state index contributed by atoms with van der Waals surface area (Å²) >= 11 is 0. The van der Waals surface area contributed by atoms with Gasteiger partial charge in [-0.2, -0.15) is 0 Å². The molecule has 1 aliphatic heterocycles. The molecule has 0 aromatic heterocycles. The standard InChI is InChI=1S/C17H25N3O/c1-12-4-3-5-13(2)20(12)19-16(21)17(10-11-17)14-6-8-15(18)9-7-14/h6-9,12-13H,3-5,10-11,18H2,1-2H3,(H,19,21). The summed E-state index contributed by atoms with van der Waals surface area (Å²) in [5, 5.41) is 2.16. The number of benzene rings is 1. The molecule has 1 heterocycles. The summed E-state index contributed by atoms with van der Waals surface area (Å²) in [6.45, 7) is 4.39. The van der Waals surface area contributed by atoms with Crippen LogP contribution in [0.2, 0.25) is 0 Å². The Morgan fingerprint density at radius 3 is 2.29 bits per heavy atom. The molecule has 1 aromatic rings. The van der Waals surface area contributed by atoms with Crippen LogP contribution >= 0.6 is 0 Å². The monoisotopic (exact) mass is 287 g/mol. The molecule has 4 nitrogen and oxygen atoms in total. The number of hydrogen-bond acceptors (Lipinski definition) is 3. The number of carbonyl (C=O) groups is 1. The van der Waals surface area contributed by atoms with Crippen LogP contribution in [0.1, 0.15) is 51.5 Å². The molecular formula is C17H25N3O. The Hall–Kier alpha value is -1.55. The van der Waals surface area contributed by atoms with E-state index in [0.717, 1.165) is 36.9 Å². The lowest BCUT2D eigenvalue weighted by atomic mass is 9.94. The van der Waals surface area contributed by atoms with Crippen LogP contribution in [0.3, 0.4) is 0 Å². The normalized spacial score (nSPS) is 28.1. The Kier molecular flexibility index (Phi) is 3.66. The van der Waals surface area contributed by atoms with Crippen molar-refractivity contribution < 1.29 is 4.79 Å². The lowest BCUT2D eigenvalue weighted by Gasteiger charge is -2.39. The van der Waals surface area contributed by atoms with Crippen LogP contribution in [-0.4, -0.2) is 23.0 Å². The zero-order chi connectivity index (χ0) is 15.0. The zero-order valence-corrected chi connectivity index (χ0v) is 12.9. The summed E-state index contributed by atoms with van der Waals surface area (Å²) in [4.78, 5) is 12.8. The van der Waals surface area contributed by atoms with Gasteiger partial charge in [-0.15, -0.1) is 0 Å². The van der Waals surface area contributed by atoms with Gasteiger partial charge in [-0.25, -0.2) is 5.01 Å². The van der Waals surface area contributed by atoms with E-state index in [1.165, 1.54) is 6.42 Å². The van der Waals surface area contributed by atoms with E-state index in [1.807, 2.05) is 24.3 Å². The van der Waals surface area contributed by atoms with Gasteiger partial charge in [-0.05, 0) is 57.2 Å². The number of nitrogens with one attached hydrogen (secondary N) is 1. The first kappa shape index (κ1) is 14.4. The zero-order valence-electron chi connectivity index (χ0n) is 12.9. The molecule has 3 rings (SSSR count). The molecule has 1 saturated carbocycles. The molecule has 1 amide bonds. The van der Waals surface area contributed by atoms with E-state index in [2.05, 4.69) is 24.3 Å². The molecule has 0 bridgehead atoms. The highest BCUT2D eigenvalue weighted by atomic mass is 16.2. The van der Waals surface area contributed by atoms with E-state index in [9.17, 15) is 4.79 Å². The van der Waals surface area contributed by atoms with Crippen molar-refractivity contribution in [3.8, 4) is 0 Å². The number of piperidine rings is 1. The predicted molar refractivity (Wildman–Crippen MR) is 84.5 cm³/mol. The minimum Gasteiger partial charge on any atom is -0.399 e. The maximum atomic E-state index is 12.8. The smallest absolute Gasteiger partial charge is 0.244 e. The number of amides is 1. The molecule has 2 aliphatic rings. The average Bonchev–Trinajstić information content (AvgIpc) is 3.25. The fraction of sp³-hybridized carbons (Fsp3) is 0.588. The topological polar surface area (TPSA) is 58.4 Å². The molecule has 0 radical (unpaired) electrons. The van der Waals surface area contributed by atoms with Gasteiger partial charge in [0.1, 0.15) is 0 Å². The molecule has 1 aromatic carbocycles. The Balaban J connectivity index is 1.74. The second-order valence-electron chi connectivity index (χ2n) is 6.68. The van der Waals surface area contributed by atoms with Crippen molar-refractivity contribution in [1.82, 2.24) is 10.4 Å². The van der Waals surface area contributed by atoms with Crippen molar-refractivity contribution in [2.24, 2.45) is 0 Å². The molecular weight excluding hydrogens is 262 g/mol. The van der Waals surface area contributed by atoms with Gasteiger partial charge in [0.05, 0.1) is 5.41 Å². The first-order valence-corrected chi connectivity index (χ1v) is 7.98. The van der Waals surface area contributed by atoms with Crippen molar-refractivity contribution in [2.75, 3.05) is 5.73 Å². The highest BCUT2D eigenvalue weighted by Gasteiger charge is 2.52. The Bertz CT molecular complexity index is 511. The Labute approximate surface area is 126 Å². The Morgan fingerprint density at radius 1 is 1.19 bits per heavy atom. The van der Waals surface area contributed by atoms with Gasteiger partial charge < -0.3 is 5.73 Å². The lowest BCUT2D eigenvalue weighted by Crippen LogP contribution is -2.56. The third-order valence-electron chi connectivity index (χ3n) is 5.07. The highest BCUT2D eigenvalue weighted by molar-refractivity contribution is 5.91. The van der Waals surface area contributed by atoms with Gasteiger partial charge in [0.25, 0.3) is 0 Å². The van der Waals surface area contributed by atoms with Gasteiger partial charge >= 0.3 is 0 Å². The fourth-order valence-corrected chi connectivity index (χ4v) is 3.44. The van der Waals surface area contributed by atoms with Gasteiger partial charge in [-0.3, -0.25) is 10.2 Å². The number of nitrogens with zero attached hydrogens (tertiary/aromatic N) is 1. The van der Waals surface area contributed by atoms with Crippen LogP contribution in [-0.2, 0) is 10.2 Å². The quantitative estimate of drug-likeness (QED) is 0.840. The molecule has 2 atom stereocenters. The van der Waals surface area contributed by atoms with Crippen LogP contribution < -0.4 is 11.2 Å². The van der Waals surface area contributed by atoms with E-state index >= 15 is 0 Å². The number of hydrazine groups is 1. The maximum absolute atomic E-state index is 12.8. The van der Waals surface area contributed by atoms with Gasteiger partial charge in [0.2, 0.25) is 5.91 Å². The van der Waals surface area contributed by atoms with E-state index < -0.39 is 0 Å². The van der Waals surface area contributed by atoms with Gasteiger partial charge in [0.15, 0.2) is 0 Å². The first-order valence-electron chi connectivity index (χ1n) is 7.98. The highest BCUT2D eigenvalue weighted by Crippen LogP contribution is 2.48. The van der Waals surface area contributed by atoms with Crippen molar-refractivity contribution in [1.29, 1.82) is 0 Å². The van der Waals surface area contributed by atoms with Crippen molar-refractivity contribution in [2.45, 2.75) is 63.5 Å². The minimum absolute atomic E-state index is 0.146. The second-order valence-corrected chi connectivity index (χ2v) is 6.68. The number of carbonyl (C=O) groups excluding carboxylic acids is 1. The molecule has 2 unspecified atom stereocenters. The summed E-state index contributed by atoms with van der Waals surface area (Å²) in [5.74, 6) is 0.146. The van der Waals surface area contributed by atoms with Crippen molar-refractivity contribution in [3.63, 3.8) is 0 Å². The SMILES string of the molecule is CC1CCCC(C)N1NC(=O)C1(c2ccc(N)cc2)CC1. The lowest BCUT2D eigenvalue weighted by molar-refractivity contribution is -0.131. The van der Waals surface area contributed by atoms with Crippen molar-refractivity contribution >= 4 is 11.6 Å².